The Kier molecular flexibility index (Phi) is 14.8. The first-order valence-electron chi connectivity index (χ1n) is 25.8. The first-order chi connectivity index (χ1) is 36.3. The number of anilines is 2. The second-order valence-electron chi connectivity index (χ2n) is 20.5. The monoisotopic (exact) mass is 1030 g/mol. The molecule has 0 bridgehead atoms. The van der Waals surface area contributed by atoms with Gasteiger partial charge in [-0.15, -0.1) is 0 Å². The number of likely N-dealkylation sites (tertiary alicyclic amines) is 1. The predicted molar refractivity (Wildman–Crippen MR) is 287 cm³/mol. The van der Waals surface area contributed by atoms with Crippen LogP contribution in [0.5, 0.6) is 17.5 Å². The Morgan fingerprint density at radius 3 is 2.45 bits per heavy atom. The van der Waals surface area contributed by atoms with Crippen molar-refractivity contribution in [1.29, 1.82) is 5.26 Å². The number of carbonyl (C=O) groups is 2. The third-order valence-electron chi connectivity index (χ3n) is 15.5. The van der Waals surface area contributed by atoms with E-state index in [1.54, 1.807) is 11.0 Å². The number of aromatic nitrogens is 5. The van der Waals surface area contributed by atoms with Gasteiger partial charge in [-0.3, -0.25) is 19.4 Å². The smallest absolute Gasteiger partial charge is 0.348 e. The number of H-pyrrole nitrogens is 1. The molecule has 0 spiro atoms. The van der Waals surface area contributed by atoms with Crippen LogP contribution in [0, 0.1) is 17.2 Å². The molecule has 390 valence electrons. The van der Waals surface area contributed by atoms with Gasteiger partial charge in [0.1, 0.15) is 23.9 Å². The molecule has 19 heteroatoms. The van der Waals surface area contributed by atoms with E-state index in [9.17, 15) is 29.9 Å². The number of rotatable bonds is 13. The second kappa shape index (κ2) is 21.8. The average molecular weight is 1040 g/mol. The quantitative estimate of drug-likeness (QED) is 0.106. The zero-order valence-corrected chi connectivity index (χ0v) is 43.4. The van der Waals surface area contributed by atoms with E-state index in [1.807, 2.05) is 61.2 Å². The van der Waals surface area contributed by atoms with Crippen molar-refractivity contribution in [3.63, 3.8) is 0 Å². The maximum absolute atomic E-state index is 14.2. The van der Waals surface area contributed by atoms with Gasteiger partial charge in [-0.05, 0) is 98.2 Å². The maximum atomic E-state index is 14.2. The molecule has 4 aromatic carbocycles. The number of nitrogens with zero attached hydrogens (tertiary/aromatic N) is 11. The summed E-state index contributed by atoms with van der Waals surface area (Å²) < 4.78 is 7.99. The molecule has 2 atom stereocenters. The van der Waals surface area contributed by atoms with Crippen LogP contribution in [0.25, 0.3) is 27.8 Å². The van der Waals surface area contributed by atoms with Crippen LogP contribution < -0.4 is 20.2 Å². The zero-order valence-electron chi connectivity index (χ0n) is 42.7. The highest BCUT2D eigenvalue weighted by molar-refractivity contribution is 6.36. The maximum Gasteiger partial charge on any atom is 0.348 e. The van der Waals surface area contributed by atoms with Crippen LogP contribution in [0.3, 0.4) is 0 Å². The number of piperidine rings is 1. The van der Waals surface area contributed by atoms with Crippen molar-refractivity contribution in [3.05, 3.63) is 123 Å². The number of carbonyl (C=O) groups excluding carboxylic acids is 2. The molecule has 2 amide bonds. The first-order valence-corrected chi connectivity index (χ1v) is 26.2. The van der Waals surface area contributed by atoms with Crippen LogP contribution in [-0.4, -0.2) is 151 Å². The first kappa shape index (κ1) is 51.0. The van der Waals surface area contributed by atoms with Gasteiger partial charge in [-0.1, -0.05) is 68.4 Å². The number of aromatic hydroxyl groups is 2. The lowest BCUT2D eigenvalue weighted by atomic mass is 9.94. The summed E-state index contributed by atoms with van der Waals surface area (Å²) in [7, 11) is 2.06. The molecular weight excluding hydrogens is 972 g/mol. The second-order valence-corrected chi connectivity index (χ2v) is 20.9. The fourth-order valence-corrected chi connectivity index (χ4v) is 11.5. The van der Waals surface area contributed by atoms with Gasteiger partial charge in [0.05, 0.1) is 53.1 Å². The fraction of sp³-hybridized carbons (Fsp3) is 0.411. The number of likely N-dealkylation sites (N-methyl/N-ethyl adjacent to an activating group) is 1. The summed E-state index contributed by atoms with van der Waals surface area (Å²) in [6.07, 6.45) is 3.64. The molecule has 4 aliphatic rings. The molecule has 75 heavy (non-hydrogen) atoms. The third-order valence-corrected chi connectivity index (χ3v) is 15.8. The normalized spacial score (nSPS) is 18.8. The van der Waals surface area contributed by atoms with E-state index < -0.39 is 5.69 Å². The number of fused-ring (bicyclic) bond motifs is 2. The molecule has 18 nitrogen and oxygen atoms in total. The van der Waals surface area contributed by atoms with Gasteiger partial charge in [0, 0.05) is 81.0 Å². The standard InChI is InChI=1S/C56H63ClN12O6/c1-5-50(72)68-27-26-66(31-40(68)16-20-58)52-42-19-23-65(47-11-7-9-37-8-6-10-45(57)51(37)47)33-46(42)59-55(60-52)75-34-41-32-67(25-24-63(41)4)54(73)38-17-21-64(22-18-38)30-36-12-14-39(15-13-36)69-53(61-62-56(69)74)44-28-43(35(2)3)48(70)29-49(44)71/h5-15,28-29,35,38,40-41,70-71H,1,16-19,21-27,30-34H2,2-4H3,(H,62,74)/t40-,41-/m0/s1. The number of benzene rings is 4. The van der Waals surface area contributed by atoms with Gasteiger partial charge >= 0.3 is 11.7 Å². The summed E-state index contributed by atoms with van der Waals surface area (Å²) in [6, 6.07) is 24.9. The molecule has 3 N–H and O–H groups in total. The highest BCUT2D eigenvalue weighted by Crippen LogP contribution is 2.39. The predicted octanol–water partition coefficient (Wildman–Crippen LogP) is 6.47. The van der Waals surface area contributed by atoms with Gasteiger partial charge in [0.15, 0.2) is 5.82 Å². The number of hydrogen-bond acceptors (Lipinski definition) is 14. The summed E-state index contributed by atoms with van der Waals surface area (Å²) in [5.74, 6) is 0.661. The fourth-order valence-electron chi connectivity index (χ4n) is 11.2. The SMILES string of the molecule is C=CC(=O)N1CCN(c2nc(OC[C@@H]3CN(C(=O)C4CCN(Cc5ccc(-n6c(-c7cc(C(C)C)c(O)cc7O)n[nH]c6=O)cc5)CC4)CCN3C)nc3c2CCN(c2cccc4cccc(Cl)c24)C3)C[C@@H]1CC#N. The molecule has 2 aromatic heterocycles. The highest BCUT2D eigenvalue weighted by Gasteiger charge is 2.36. The summed E-state index contributed by atoms with van der Waals surface area (Å²) >= 11 is 6.82. The van der Waals surface area contributed by atoms with Crippen molar-refractivity contribution in [1.82, 2.24) is 44.3 Å². The molecule has 6 heterocycles. The Labute approximate surface area is 441 Å². The number of ether oxygens (including phenoxy) is 1. The minimum absolute atomic E-state index is 0.0175. The Hall–Kier alpha value is -7.46. The number of amides is 2. The van der Waals surface area contributed by atoms with Gasteiger partial charge in [0.2, 0.25) is 11.8 Å². The van der Waals surface area contributed by atoms with Crippen molar-refractivity contribution in [2.24, 2.45) is 5.92 Å². The van der Waals surface area contributed by atoms with E-state index in [0.717, 1.165) is 65.0 Å². The van der Waals surface area contributed by atoms with Crippen molar-refractivity contribution in [3.8, 4) is 40.7 Å². The van der Waals surface area contributed by atoms with E-state index in [1.165, 1.54) is 16.7 Å². The largest absolute Gasteiger partial charge is 0.508 e. The molecule has 4 aliphatic heterocycles. The number of phenolic OH excluding ortho intramolecular Hbond substituents is 2. The summed E-state index contributed by atoms with van der Waals surface area (Å²) in [4.78, 5) is 63.0. The summed E-state index contributed by atoms with van der Waals surface area (Å²) in [5.41, 5.74) is 5.06. The highest BCUT2D eigenvalue weighted by atomic mass is 35.5. The van der Waals surface area contributed by atoms with E-state index in [-0.39, 0.29) is 72.1 Å². The molecular formula is C56H63ClN12O6. The minimum atomic E-state index is -0.450. The third kappa shape index (κ3) is 10.5. The number of aromatic amines is 1. The molecule has 0 aliphatic carbocycles. The van der Waals surface area contributed by atoms with E-state index in [0.29, 0.717) is 87.2 Å². The van der Waals surface area contributed by atoms with Crippen LogP contribution in [0.2, 0.25) is 5.02 Å². The molecule has 6 aromatic rings. The topological polar surface area (TPSA) is 204 Å². The molecule has 0 radical (unpaired) electrons. The lowest BCUT2D eigenvalue weighted by Gasteiger charge is -2.42. The van der Waals surface area contributed by atoms with E-state index in [4.69, 9.17) is 26.3 Å². The Balaban J connectivity index is 0.793. The molecule has 10 rings (SSSR count). The van der Waals surface area contributed by atoms with Crippen LogP contribution in [0.4, 0.5) is 11.5 Å². The summed E-state index contributed by atoms with van der Waals surface area (Å²) in [5, 5.41) is 40.4. The van der Waals surface area contributed by atoms with E-state index in [2.05, 4.69) is 67.7 Å². The lowest BCUT2D eigenvalue weighted by molar-refractivity contribution is -0.140. The van der Waals surface area contributed by atoms with E-state index >= 15 is 0 Å². The number of piperazine rings is 2. The summed E-state index contributed by atoms with van der Waals surface area (Å²) in [6.45, 7) is 14.5. The number of hydrogen-bond donors (Lipinski definition) is 3. The van der Waals surface area contributed by atoms with Crippen molar-refractivity contribution in [2.45, 2.75) is 70.6 Å². The molecule has 3 saturated heterocycles. The Morgan fingerprint density at radius 2 is 1.71 bits per heavy atom. The Morgan fingerprint density at radius 1 is 0.933 bits per heavy atom. The van der Waals surface area contributed by atoms with Gasteiger partial charge in [-0.2, -0.15) is 20.3 Å². The molecule has 0 saturated carbocycles. The average Bonchev–Trinajstić information content (AvgIpc) is 3.80. The minimum Gasteiger partial charge on any atom is -0.508 e. The van der Waals surface area contributed by atoms with Crippen LogP contribution in [0.1, 0.15) is 61.4 Å². The van der Waals surface area contributed by atoms with Crippen molar-refractivity contribution >= 4 is 45.7 Å². The number of phenols is 2. The van der Waals surface area contributed by atoms with Crippen molar-refractivity contribution in [2.75, 3.05) is 82.4 Å². The van der Waals surface area contributed by atoms with Gasteiger partial charge < -0.3 is 34.5 Å². The van der Waals surface area contributed by atoms with Gasteiger partial charge in [0.25, 0.3) is 0 Å². The van der Waals surface area contributed by atoms with Crippen LogP contribution in [-0.2, 0) is 29.1 Å². The number of halogens is 1. The number of nitrogens with one attached hydrogen (secondary N) is 1. The van der Waals surface area contributed by atoms with Gasteiger partial charge in [-0.25, -0.2) is 14.5 Å². The zero-order chi connectivity index (χ0) is 52.5. The van der Waals surface area contributed by atoms with Crippen molar-refractivity contribution < 1.29 is 24.5 Å². The van der Waals surface area contributed by atoms with Crippen LogP contribution in [0.15, 0.2) is 90.2 Å². The Bertz CT molecular complexity index is 3210. The van der Waals surface area contributed by atoms with Crippen LogP contribution >= 0.6 is 11.6 Å². The molecule has 3 fully saturated rings. The molecule has 0 unspecified atom stereocenters. The number of nitriles is 1. The lowest BCUT2D eigenvalue weighted by Crippen LogP contribution is -2.57.